The van der Waals surface area contributed by atoms with Gasteiger partial charge in [-0.1, -0.05) is 5.11 Å². The molecule has 0 aromatic heterocycles. The summed E-state index contributed by atoms with van der Waals surface area (Å²) in [6.07, 6.45) is 0. The zero-order valence-electron chi connectivity index (χ0n) is 10.8. The Morgan fingerprint density at radius 1 is 1.69 bits per heavy atom. The van der Waals surface area contributed by atoms with Crippen LogP contribution in [-0.2, 0) is 0 Å². The first-order valence-corrected chi connectivity index (χ1v) is 3.16. The lowest BCUT2D eigenvalue weighted by atomic mass is 10.3. The zero-order chi connectivity index (χ0) is 13.0. The summed E-state index contributed by atoms with van der Waals surface area (Å²) < 4.78 is 37.5. The molecule has 74 valence electrons. The Labute approximate surface area is 79.1 Å². The molecule has 1 aromatic carbocycles. The smallest absolute Gasteiger partial charge is 0.165 e. The molecule has 0 aliphatic heterocycles. The van der Waals surface area contributed by atoms with Crippen LogP contribution in [0.3, 0.4) is 0 Å². The number of methoxy groups -OCH3 is 1. The van der Waals surface area contributed by atoms with Crippen LogP contribution in [0.2, 0.25) is 0 Å². The number of hydrogen-bond donors (Lipinski definition) is 0. The molecule has 0 amide bonds. The number of halogens is 2. The second kappa shape index (κ2) is 4.95. The highest BCUT2D eigenvalue weighted by atomic mass is 19.1. The standard InChI is InChI=1S/C7H6FN3O.FH.2H2/c1-12-7-3-2-5(10-11-9)4-6(7)8;;;/h2-4H,1H3;3*1H/i;;2*1+1D. The second-order valence-corrected chi connectivity index (χ2v) is 2.01. The van der Waals surface area contributed by atoms with Crippen molar-refractivity contribution in [2.24, 2.45) is 5.11 Å². The Kier molecular flexibility index (Phi) is 2.98. The molecule has 0 heterocycles. The summed E-state index contributed by atoms with van der Waals surface area (Å²) in [5, 5.41) is 3.23. The van der Waals surface area contributed by atoms with Crippen molar-refractivity contribution >= 4 is 5.69 Å². The first-order valence-electron chi connectivity index (χ1n) is 5.16. The fourth-order valence-corrected chi connectivity index (χ4v) is 0.769. The Balaban J connectivity index is -0.000000355. The minimum Gasteiger partial charge on any atom is -0.494 e. The summed E-state index contributed by atoms with van der Waals surface area (Å²) in [6.45, 7) is 0. The van der Waals surface area contributed by atoms with Crippen LogP contribution in [0.1, 0.15) is 5.94 Å². The molecule has 13 heavy (non-hydrogen) atoms. The van der Waals surface area contributed by atoms with E-state index in [1.54, 1.807) is 0 Å². The second-order valence-electron chi connectivity index (χ2n) is 2.01. The minimum atomic E-state index is -0.539. The number of ether oxygens (including phenoxy) is 1. The Bertz CT molecular complexity index is 350. The average molecular weight is 195 g/mol. The van der Waals surface area contributed by atoms with E-state index < -0.39 is 5.82 Å². The van der Waals surface area contributed by atoms with E-state index in [9.17, 15) is 4.39 Å². The quantitative estimate of drug-likeness (QED) is 0.405. The molecule has 0 radical (unpaired) electrons. The lowest BCUT2D eigenvalue weighted by Gasteiger charge is -2.00. The largest absolute Gasteiger partial charge is 0.494 e. The van der Waals surface area contributed by atoms with Gasteiger partial charge in [-0.3, -0.25) is 4.70 Å². The number of benzene rings is 1. The third-order valence-electron chi connectivity index (χ3n) is 1.30. The highest BCUT2D eigenvalue weighted by Crippen LogP contribution is 2.22. The van der Waals surface area contributed by atoms with Crippen LogP contribution in [0.5, 0.6) is 5.75 Å². The van der Waals surface area contributed by atoms with Gasteiger partial charge in [0.1, 0.15) is 0 Å². The predicted molar refractivity (Wildman–Crippen MR) is 48.5 cm³/mol. The lowest BCUT2D eigenvalue weighted by molar-refractivity contribution is 0.386. The van der Waals surface area contributed by atoms with Crippen LogP contribution < -0.4 is 4.74 Å². The number of azide groups is 1. The van der Waals surface area contributed by atoms with Crippen LogP contribution in [0.4, 0.5) is 14.8 Å². The zero-order valence-corrected chi connectivity index (χ0v) is 6.77. The normalized spacial score (nSPS) is 9.38. The van der Waals surface area contributed by atoms with Crippen molar-refractivity contribution in [3.8, 4) is 5.75 Å². The van der Waals surface area contributed by atoms with Crippen molar-refractivity contribution in [1.29, 1.82) is 0 Å². The van der Waals surface area contributed by atoms with Crippen LogP contribution in [-0.4, -0.2) is 7.11 Å². The maximum atomic E-state index is 12.9. The number of nitrogens with zero attached hydrogens (tertiary/aromatic N) is 3. The van der Waals surface area contributed by atoms with E-state index in [-0.39, 0.29) is 16.1 Å². The SMILES string of the molecule is COc1ccc(N=[N+]=[N-])cc1F.F.[2H][2H].[2H][2H]. The lowest BCUT2D eigenvalue weighted by Crippen LogP contribution is -1.85. The van der Waals surface area contributed by atoms with Crippen LogP contribution in [0.15, 0.2) is 23.3 Å². The monoisotopic (exact) mass is 195 g/mol. The summed E-state index contributed by atoms with van der Waals surface area (Å²) >= 11 is 0. The highest BCUT2D eigenvalue weighted by molar-refractivity contribution is 5.42. The molecule has 0 fully saturated rings. The maximum Gasteiger partial charge on any atom is 0.165 e. The highest BCUT2D eigenvalue weighted by Gasteiger charge is 2.00. The van der Waals surface area contributed by atoms with E-state index in [4.69, 9.17) is 11.5 Å². The van der Waals surface area contributed by atoms with Gasteiger partial charge in [0, 0.05) is 16.5 Å². The molecule has 0 spiro atoms. The Morgan fingerprint density at radius 3 is 2.85 bits per heavy atom. The van der Waals surface area contributed by atoms with Crippen molar-refractivity contribution in [2.45, 2.75) is 0 Å². The van der Waals surface area contributed by atoms with E-state index >= 15 is 0 Å². The topological polar surface area (TPSA) is 58.0 Å². The van der Waals surface area contributed by atoms with Gasteiger partial charge in [-0.15, -0.1) is 0 Å². The molecule has 6 heteroatoms. The molecular formula is C7H11F2N3O. The summed E-state index contributed by atoms with van der Waals surface area (Å²) in [7, 11) is 1.37. The summed E-state index contributed by atoms with van der Waals surface area (Å²) in [5.74, 6) is -0.408. The maximum absolute atomic E-state index is 12.9. The molecule has 0 unspecified atom stereocenters. The fraction of sp³-hybridized carbons (Fsp3) is 0.143. The molecule has 0 atom stereocenters. The Hall–Kier alpha value is -1.81. The van der Waals surface area contributed by atoms with E-state index in [1.165, 1.54) is 19.2 Å². The van der Waals surface area contributed by atoms with Crippen molar-refractivity contribution in [2.75, 3.05) is 7.11 Å². The van der Waals surface area contributed by atoms with Crippen molar-refractivity contribution < 1.29 is 19.8 Å². The molecular weight excluding hydrogens is 180 g/mol. The van der Waals surface area contributed by atoms with Crippen LogP contribution >= 0.6 is 0 Å². The molecule has 1 rings (SSSR count). The van der Waals surface area contributed by atoms with Gasteiger partial charge in [0.2, 0.25) is 0 Å². The number of rotatable bonds is 2. The number of hydrogen-bond acceptors (Lipinski definition) is 2. The molecule has 0 bridgehead atoms. The van der Waals surface area contributed by atoms with Gasteiger partial charge in [0.15, 0.2) is 11.6 Å². The van der Waals surface area contributed by atoms with Crippen molar-refractivity contribution in [3.63, 3.8) is 0 Å². The van der Waals surface area contributed by atoms with Gasteiger partial charge in [-0.2, -0.15) is 0 Å². The average Bonchev–Trinajstić information content (AvgIpc) is 2.35. The van der Waals surface area contributed by atoms with Gasteiger partial charge >= 0.3 is 0 Å². The first-order chi connectivity index (χ1) is 7.77. The molecule has 0 N–H and O–H groups in total. The molecule has 0 saturated carbocycles. The summed E-state index contributed by atoms with van der Waals surface area (Å²) in [6, 6.07) is 3.99. The van der Waals surface area contributed by atoms with Gasteiger partial charge in [0.05, 0.1) is 7.11 Å². The van der Waals surface area contributed by atoms with E-state index in [1.807, 2.05) is 0 Å². The van der Waals surface area contributed by atoms with Gasteiger partial charge in [0.25, 0.3) is 0 Å². The van der Waals surface area contributed by atoms with E-state index in [2.05, 4.69) is 14.8 Å². The molecule has 0 saturated heterocycles. The predicted octanol–water partition coefficient (Wildman–Crippen LogP) is 3.42. The molecule has 0 aliphatic carbocycles. The third-order valence-corrected chi connectivity index (χ3v) is 1.30. The van der Waals surface area contributed by atoms with Crippen molar-refractivity contribution in [3.05, 3.63) is 34.5 Å². The summed E-state index contributed by atoms with van der Waals surface area (Å²) in [4.78, 5) is 2.52. The summed E-state index contributed by atoms with van der Waals surface area (Å²) in [5.41, 5.74) is 8.27. The van der Waals surface area contributed by atoms with E-state index in [0.717, 1.165) is 6.07 Å². The Morgan fingerprint density at radius 2 is 2.38 bits per heavy atom. The van der Waals surface area contributed by atoms with Gasteiger partial charge in [-0.05, 0) is 23.7 Å². The van der Waals surface area contributed by atoms with Crippen molar-refractivity contribution in [1.82, 2.24) is 0 Å². The van der Waals surface area contributed by atoms with Gasteiger partial charge in [-0.25, -0.2) is 4.39 Å². The third kappa shape index (κ3) is 2.61. The molecule has 0 aliphatic rings. The first kappa shape index (κ1) is 7.82. The van der Waals surface area contributed by atoms with E-state index in [0.29, 0.717) is 0 Å². The fourth-order valence-electron chi connectivity index (χ4n) is 0.769. The van der Waals surface area contributed by atoms with Gasteiger partial charge < -0.3 is 4.74 Å². The molecule has 1 aromatic rings. The minimum absolute atomic E-state index is 0. The molecule has 4 nitrogen and oxygen atoms in total. The van der Waals surface area contributed by atoms with Crippen LogP contribution in [0.25, 0.3) is 10.4 Å². The van der Waals surface area contributed by atoms with Crippen LogP contribution in [0, 0.1) is 5.82 Å².